The van der Waals surface area contributed by atoms with E-state index in [1.54, 1.807) is 6.08 Å². The van der Waals surface area contributed by atoms with Crippen molar-refractivity contribution in [3.63, 3.8) is 0 Å². The highest BCUT2D eigenvalue weighted by atomic mass is 16.8. The Balaban J connectivity index is 1.60. The highest BCUT2D eigenvalue weighted by Crippen LogP contribution is 2.33. The fourth-order valence-corrected chi connectivity index (χ4v) is 2.84. The quantitative estimate of drug-likeness (QED) is 0.889. The van der Waals surface area contributed by atoms with Crippen LogP contribution in [0.4, 0.5) is 0 Å². The second-order valence-corrected chi connectivity index (χ2v) is 6.20. The van der Waals surface area contributed by atoms with Gasteiger partial charge in [0.1, 0.15) is 12.2 Å². The van der Waals surface area contributed by atoms with Gasteiger partial charge in [0, 0.05) is 6.42 Å². The number of aliphatic hydroxyl groups excluding tert-OH is 2. The second kappa shape index (κ2) is 6.01. The summed E-state index contributed by atoms with van der Waals surface area (Å²) in [6.07, 6.45) is -0.233. The minimum Gasteiger partial charge on any atom is -0.489 e. The number of rotatable bonds is 4. The van der Waals surface area contributed by atoms with Crippen LogP contribution in [0.3, 0.4) is 0 Å². The Bertz CT molecular complexity index is 539. The topological polar surface area (TPSA) is 68.2 Å². The zero-order valence-corrected chi connectivity index (χ0v) is 12.8. The van der Waals surface area contributed by atoms with Gasteiger partial charge in [-0.05, 0) is 25.5 Å². The molecule has 0 radical (unpaired) electrons. The van der Waals surface area contributed by atoms with Gasteiger partial charge in [-0.25, -0.2) is 0 Å². The Morgan fingerprint density at radius 1 is 1.27 bits per heavy atom. The zero-order chi connectivity index (χ0) is 15.7. The summed E-state index contributed by atoms with van der Waals surface area (Å²) < 4.78 is 17.0. The van der Waals surface area contributed by atoms with Gasteiger partial charge < -0.3 is 24.4 Å². The van der Waals surface area contributed by atoms with Crippen LogP contribution in [0.2, 0.25) is 0 Å². The summed E-state index contributed by atoms with van der Waals surface area (Å²) in [7, 11) is 0. The van der Waals surface area contributed by atoms with Crippen molar-refractivity contribution in [2.75, 3.05) is 6.61 Å². The molecule has 1 aromatic rings. The summed E-state index contributed by atoms with van der Waals surface area (Å²) in [6, 6.07) is 9.40. The molecule has 0 saturated carbocycles. The first-order valence-corrected chi connectivity index (χ1v) is 7.55. The van der Waals surface area contributed by atoms with E-state index in [2.05, 4.69) is 0 Å². The summed E-state index contributed by atoms with van der Waals surface area (Å²) in [4.78, 5) is 0. The minimum atomic E-state index is -0.750. The summed E-state index contributed by atoms with van der Waals surface area (Å²) in [5, 5.41) is 20.4. The average molecular weight is 306 g/mol. The van der Waals surface area contributed by atoms with E-state index in [0.29, 0.717) is 18.8 Å². The Morgan fingerprint density at radius 3 is 2.64 bits per heavy atom. The molecule has 2 N–H and O–H groups in total. The molecule has 2 aliphatic rings. The lowest BCUT2D eigenvalue weighted by Crippen LogP contribution is -2.37. The average Bonchev–Trinajstić information content (AvgIpc) is 3.02. The minimum absolute atomic E-state index is 0.312. The third-order valence-electron chi connectivity index (χ3n) is 3.96. The van der Waals surface area contributed by atoms with Crippen LogP contribution in [-0.4, -0.2) is 40.9 Å². The molecule has 1 aromatic carbocycles. The molecule has 1 fully saturated rings. The van der Waals surface area contributed by atoms with Crippen LogP contribution in [0.5, 0.6) is 0 Å². The maximum atomic E-state index is 10.2. The molecule has 1 saturated heterocycles. The monoisotopic (exact) mass is 306 g/mol. The van der Waals surface area contributed by atoms with E-state index in [9.17, 15) is 10.2 Å². The maximum Gasteiger partial charge on any atom is 0.163 e. The van der Waals surface area contributed by atoms with Crippen LogP contribution < -0.4 is 0 Å². The van der Waals surface area contributed by atoms with Crippen LogP contribution >= 0.6 is 0 Å². The molecule has 0 spiro atoms. The second-order valence-electron chi connectivity index (χ2n) is 6.20. The van der Waals surface area contributed by atoms with Crippen LogP contribution in [0, 0.1) is 0 Å². The molecule has 1 unspecified atom stereocenters. The molecule has 2 aliphatic heterocycles. The molecule has 2 heterocycles. The SMILES string of the molecule is CC1(C)OC[C@H]([C@H]2OC(CC(O)c3ccccc3)=C[C@H]2O)O1. The molecular weight excluding hydrogens is 284 g/mol. The van der Waals surface area contributed by atoms with Crippen LogP contribution in [0.15, 0.2) is 42.2 Å². The molecule has 120 valence electrons. The Kier molecular flexibility index (Phi) is 4.23. The first-order valence-electron chi connectivity index (χ1n) is 7.55. The molecule has 0 aliphatic carbocycles. The van der Waals surface area contributed by atoms with Crippen molar-refractivity contribution >= 4 is 0 Å². The molecule has 0 bridgehead atoms. The van der Waals surface area contributed by atoms with Crippen LogP contribution in [0.1, 0.15) is 31.9 Å². The molecule has 4 atom stereocenters. The van der Waals surface area contributed by atoms with Gasteiger partial charge >= 0.3 is 0 Å². The van der Waals surface area contributed by atoms with Gasteiger partial charge in [0.2, 0.25) is 0 Å². The highest BCUT2D eigenvalue weighted by Gasteiger charge is 2.43. The van der Waals surface area contributed by atoms with Gasteiger partial charge in [0.25, 0.3) is 0 Å². The fraction of sp³-hybridized carbons (Fsp3) is 0.529. The van der Waals surface area contributed by atoms with Crippen LogP contribution in [0.25, 0.3) is 0 Å². The molecule has 5 nitrogen and oxygen atoms in total. The normalized spacial score (nSPS) is 31.6. The summed E-state index contributed by atoms with van der Waals surface area (Å²) in [6.45, 7) is 4.06. The van der Waals surface area contributed by atoms with Gasteiger partial charge in [-0.3, -0.25) is 0 Å². The summed E-state index contributed by atoms with van der Waals surface area (Å²) in [5.74, 6) is -0.0674. The Morgan fingerprint density at radius 2 is 2.00 bits per heavy atom. The predicted octanol–water partition coefficient (Wildman–Crippen LogP) is 1.91. The molecule has 0 aromatic heterocycles. The predicted molar refractivity (Wildman–Crippen MR) is 79.9 cm³/mol. The molecular formula is C17H22O5. The van der Waals surface area contributed by atoms with Gasteiger partial charge in [-0.15, -0.1) is 0 Å². The lowest BCUT2D eigenvalue weighted by Gasteiger charge is -2.23. The van der Waals surface area contributed by atoms with Gasteiger partial charge in [-0.1, -0.05) is 30.3 Å². The third kappa shape index (κ3) is 3.33. The van der Waals surface area contributed by atoms with E-state index in [4.69, 9.17) is 14.2 Å². The zero-order valence-electron chi connectivity index (χ0n) is 12.8. The summed E-state index contributed by atoms with van der Waals surface area (Å²) in [5.41, 5.74) is 0.825. The van der Waals surface area contributed by atoms with E-state index >= 15 is 0 Å². The Hall–Kier alpha value is -1.40. The van der Waals surface area contributed by atoms with Crippen molar-refractivity contribution in [2.45, 2.75) is 50.5 Å². The van der Waals surface area contributed by atoms with E-state index in [1.165, 1.54) is 0 Å². The van der Waals surface area contributed by atoms with E-state index < -0.39 is 24.1 Å². The van der Waals surface area contributed by atoms with Gasteiger partial charge in [-0.2, -0.15) is 0 Å². The smallest absolute Gasteiger partial charge is 0.163 e. The van der Waals surface area contributed by atoms with Crippen molar-refractivity contribution in [1.82, 2.24) is 0 Å². The number of ether oxygens (including phenoxy) is 3. The van der Waals surface area contributed by atoms with Crippen molar-refractivity contribution in [1.29, 1.82) is 0 Å². The van der Waals surface area contributed by atoms with Crippen molar-refractivity contribution in [3.8, 4) is 0 Å². The largest absolute Gasteiger partial charge is 0.489 e. The number of benzene rings is 1. The number of hydrogen-bond acceptors (Lipinski definition) is 5. The number of aliphatic hydroxyl groups is 2. The molecule has 3 rings (SSSR count). The lowest BCUT2D eigenvalue weighted by molar-refractivity contribution is -0.157. The fourth-order valence-electron chi connectivity index (χ4n) is 2.84. The lowest BCUT2D eigenvalue weighted by atomic mass is 10.1. The van der Waals surface area contributed by atoms with Gasteiger partial charge in [0.15, 0.2) is 11.9 Å². The standard InChI is InChI=1S/C17H22O5/c1-17(2)20-10-15(22-17)16-14(19)9-12(21-16)8-13(18)11-6-4-3-5-7-11/h3-7,9,13-16,18-19H,8,10H2,1-2H3/t13?,14-,15-,16+/m1/s1. The van der Waals surface area contributed by atoms with Crippen molar-refractivity contribution in [2.24, 2.45) is 0 Å². The van der Waals surface area contributed by atoms with Crippen LogP contribution in [-0.2, 0) is 14.2 Å². The Labute approximate surface area is 130 Å². The first kappa shape index (κ1) is 15.5. The third-order valence-corrected chi connectivity index (χ3v) is 3.96. The van der Waals surface area contributed by atoms with Gasteiger partial charge in [0.05, 0.1) is 18.5 Å². The maximum absolute atomic E-state index is 10.2. The van der Waals surface area contributed by atoms with Crippen molar-refractivity contribution < 1.29 is 24.4 Å². The first-order chi connectivity index (χ1) is 10.4. The highest BCUT2D eigenvalue weighted by molar-refractivity contribution is 5.20. The van der Waals surface area contributed by atoms with E-state index in [1.807, 2.05) is 44.2 Å². The van der Waals surface area contributed by atoms with E-state index in [0.717, 1.165) is 5.56 Å². The van der Waals surface area contributed by atoms with E-state index in [-0.39, 0.29) is 6.10 Å². The van der Waals surface area contributed by atoms with Crippen molar-refractivity contribution in [3.05, 3.63) is 47.7 Å². The summed E-state index contributed by atoms with van der Waals surface area (Å²) >= 11 is 0. The molecule has 0 amide bonds. The molecule has 22 heavy (non-hydrogen) atoms. The number of hydrogen-bond donors (Lipinski definition) is 2. The molecule has 5 heteroatoms.